The molecule has 1 aliphatic rings. The molecule has 0 unspecified atom stereocenters. The van der Waals surface area contributed by atoms with Crippen molar-refractivity contribution >= 4 is 24.0 Å². The number of halogens is 1. The van der Waals surface area contributed by atoms with Crippen molar-refractivity contribution in [2.75, 3.05) is 25.1 Å². The molecular formula is C16H21ClN4O3. The topological polar surface area (TPSA) is 103 Å². The van der Waals surface area contributed by atoms with Crippen molar-refractivity contribution in [2.24, 2.45) is 11.1 Å². The Morgan fingerprint density at radius 3 is 2.75 bits per heavy atom. The maximum absolute atomic E-state index is 12.7. The standard InChI is InChI=1S/C16H20N4O3.ClH/c1-11-18-14(20-23-11)12-3-2-4-13(9-12)19-15(21)16(10-17)5-7-22-8-6-16;/h2-4,9H,5-8,10,17H2,1H3,(H,19,21);1H. The summed E-state index contributed by atoms with van der Waals surface area (Å²) in [4.78, 5) is 16.9. The Morgan fingerprint density at radius 1 is 1.38 bits per heavy atom. The van der Waals surface area contributed by atoms with E-state index < -0.39 is 5.41 Å². The third-order valence-electron chi connectivity index (χ3n) is 4.23. The smallest absolute Gasteiger partial charge is 0.232 e. The summed E-state index contributed by atoms with van der Waals surface area (Å²) in [5.41, 5.74) is 6.78. The van der Waals surface area contributed by atoms with Crippen LogP contribution >= 0.6 is 12.4 Å². The number of carbonyl (C=O) groups excluding carboxylic acids is 1. The molecule has 0 aliphatic carbocycles. The fourth-order valence-electron chi connectivity index (χ4n) is 2.70. The summed E-state index contributed by atoms with van der Waals surface area (Å²) in [5.74, 6) is 0.932. The summed E-state index contributed by atoms with van der Waals surface area (Å²) in [6.07, 6.45) is 1.28. The third kappa shape index (κ3) is 3.75. The molecule has 130 valence electrons. The number of aryl methyl sites for hydroxylation is 1. The Balaban J connectivity index is 0.00000208. The average Bonchev–Trinajstić information content (AvgIpc) is 3.02. The summed E-state index contributed by atoms with van der Waals surface area (Å²) < 4.78 is 10.3. The number of rotatable bonds is 4. The van der Waals surface area contributed by atoms with Crippen LogP contribution in [-0.4, -0.2) is 35.8 Å². The van der Waals surface area contributed by atoms with Crippen molar-refractivity contribution < 1.29 is 14.1 Å². The first-order valence-electron chi connectivity index (χ1n) is 7.63. The van der Waals surface area contributed by atoms with E-state index in [1.165, 1.54) is 0 Å². The third-order valence-corrected chi connectivity index (χ3v) is 4.23. The van der Waals surface area contributed by atoms with E-state index in [4.69, 9.17) is 15.0 Å². The minimum Gasteiger partial charge on any atom is -0.381 e. The van der Waals surface area contributed by atoms with Crippen LogP contribution in [0.2, 0.25) is 0 Å². The largest absolute Gasteiger partial charge is 0.381 e. The molecule has 0 saturated carbocycles. The summed E-state index contributed by atoms with van der Waals surface area (Å²) in [6.45, 7) is 3.17. The Labute approximate surface area is 146 Å². The van der Waals surface area contributed by atoms with Gasteiger partial charge in [-0.2, -0.15) is 4.98 Å². The minimum atomic E-state index is -0.559. The number of hydrogen-bond donors (Lipinski definition) is 2. The molecule has 1 aromatic carbocycles. The first-order chi connectivity index (χ1) is 11.1. The van der Waals surface area contributed by atoms with Crippen LogP contribution in [-0.2, 0) is 9.53 Å². The fourth-order valence-corrected chi connectivity index (χ4v) is 2.70. The van der Waals surface area contributed by atoms with E-state index in [-0.39, 0.29) is 18.3 Å². The number of aromatic nitrogens is 2. The number of benzene rings is 1. The van der Waals surface area contributed by atoms with Crippen LogP contribution in [0, 0.1) is 12.3 Å². The van der Waals surface area contributed by atoms with E-state index in [0.717, 1.165) is 5.56 Å². The van der Waals surface area contributed by atoms with Crippen LogP contribution < -0.4 is 11.1 Å². The van der Waals surface area contributed by atoms with Crippen LogP contribution in [0.5, 0.6) is 0 Å². The second-order valence-corrected chi connectivity index (χ2v) is 5.77. The highest BCUT2D eigenvalue weighted by Crippen LogP contribution is 2.31. The maximum atomic E-state index is 12.7. The van der Waals surface area contributed by atoms with E-state index in [0.29, 0.717) is 50.0 Å². The highest BCUT2D eigenvalue weighted by Gasteiger charge is 2.38. The highest BCUT2D eigenvalue weighted by molar-refractivity contribution is 5.96. The predicted octanol–water partition coefficient (Wildman–Crippen LogP) is 2.16. The molecular weight excluding hydrogens is 332 g/mol. The first-order valence-corrected chi connectivity index (χ1v) is 7.63. The molecule has 1 aliphatic heterocycles. The maximum Gasteiger partial charge on any atom is 0.232 e. The van der Waals surface area contributed by atoms with Gasteiger partial charge >= 0.3 is 0 Å². The van der Waals surface area contributed by atoms with Gasteiger partial charge in [-0.1, -0.05) is 17.3 Å². The molecule has 2 heterocycles. The fraction of sp³-hybridized carbons (Fsp3) is 0.438. The van der Waals surface area contributed by atoms with Crippen molar-refractivity contribution in [2.45, 2.75) is 19.8 Å². The van der Waals surface area contributed by atoms with Gasteiger partial charge in [0.05, 0.1) is 5.41 Å². The van der Waals surface area contributed by atoms with Gasteiger partial charge in [0, 0.05) is 37.9 Å². The zero-order valence-electron chi connectivity index (χ0n) is 13.4. The predicted molar refractivity (Wildman–Crippen MR) is 91.9 cm³/mol. The molecule has 24 heavy (non-hydrogen) atoms. The lowest BCUT2D eigenvalue weighted by Gasteiger charge is -2.34. The van der Waals surface area contributed by atoms with Crippen molar-refractivity contribution in [3.8, 4) is 11.4 Å². The number of nitrogens with one attached hydrogen (secondary N) is 1. The van der Waals surface area contributed by atoms with Crippen LogP contribution in [0.15, 0.2) is 28.8 Å². The number of ether oxygens (including phenoxy) is 1. The molecule has 0 radical (unpaired) electrons. The summed E-state index contributed by atoms with van der Waals surface area (Å²) >= 11 is 0. The zero-order chi connectivity index (χ0) is 16.3. The van der Waals surface area contributed by atoms with Crippen molar-refractivity contribution in [3.63, 3.8) is 0 Å². The van der Waals surface area contributed by atoms with Crippen LogP contribution in [0.4, 0.5) is 5.69 Å². The Kier molecular flexibility index (Phi) is 5.93. The van der Waals surface area contributed by atoms with Crippen LogP contribution in [0.25, 0.3) is 11.4 Å². The van der Waals surface area contributed by atoms with Gasteiger partial charge in [0.2, 0.25) is 17.6 Å². The van der Waals surface area contributed by atoms with Crippen LogP contribution in [0.3, 0.4) is 0 Å². The highest BCUT2D eigenvalue weighted by atomic mass is 35.5. The number of nitrogens with two attached hydrogens (primary N) is 1. The number of amides is 1. The summed E-state index contributed by atoms with van der Waals surface area (Å²) in [7, 11) is 0. The quantitative estimate of drug-likeness (QED) is 0.873. The van der Waals surface area contributed by atoms with Gasteiger partial charge in [-0.05, 0) is 25.0 Å². The van der Waals surface area contributed by atoms with Gasteiger partial charge in [0.15, 0.2) is 0 Å². The minimum absolute atomic E-state index is 0. The van der Waals surface area contributed by atoms with Crippen molar-refractivity contribution in [3.05, 3.63) is 30.2 Å². The normalized spacial score (nSPS) is 16.2. The number of carbonyl (C=O) groups is 1. The van der Waals surface area contributed by atoms with Gasteiger partial charge in [-0.3, -0.25) is 4.79 Å². The molecule has 1 saturated heterocycles. The number of nitrogens with zero attached hydrogens (tertiary/aromatic N) is 2. The van der Waals surface area contributed by atoms with E-state index in [2.05, 4.69) is 15.5 Å². The van der Waals surface area contributed by atoms with E-state index >= 15 is 0 Å². The molecule has 1 fully saturated rings. The average molecular weight is 353 g/mol. The SMILES string of the molecule is Cc1nc(-c2cccc(NC(=O)C3(CN)CCOCC3)c2)no1.Cl. The zero-order valence-corrected chi connectivity index (χ0v) is 14.3. The number of hydrogen-bond acceptors (Lipinski definition) is 6. The van der Waals surface area contributed by atoms with E-state index in [1.807, 2.05) is 24.3 Å². The lowest BCUT2D eigenvalue weighted by molar-refractivity contribution is -0.130. The van der Waals surface area contributed by atoms with Gasteiger partial charge < -0.3 is 20.3 Å². The molecule has 3 rings (SSSR count). The summed E-state index contributed by atoms with van der Waals surface area (Å²) in [6, 6.07) is 7.37. The molecule has 8 heteroatoms. The molecule has 0 atom stereocenters. The van der Waals surface area contributed by atoms with E-state index in [1.54, 1.807) is 6.92 Å². The second kappa shape index (κ2) is 7.74. The van der Waals surface area contributed by atoms with Gasteiger partial charge in [0.1, 0.15) is 0 Å². The van der Waals surface area contributed by atoms with Gasteiger partial charge in [0.25, 0.3) is 0 Å². The Bertz CT molecular complexity index is 698. The van der Waals surface area contributed by atoms with E-state index in [9.17, 15) is 4.79 Å². The summed E-state index contributed by atoms with van der Waals surface area (Å²) in [5, 5.41) is 6.85. The van der Waals surface area contributed by atoms with Gasteiger partial charge in [-0.25, -0.2) is 0 Å². The molecule has 2 aromatic rings. The molecule has 1 aromatic heterocycles. The Hall–Kier alpha value is -1.96. The molecule has 3 N–H and O–H groups in total. The van der Waals surface area contributed by atoms with Crippen LogP contribution in [0.1, 0.15) is 18.7 Å². The lowest BCUT2D eigenvalue weighted by atomic mass is 9.79. The first kappa shape index (κ1) is 18.4. The second-order valence-electron chi connectivity index (χ2n) is 5.77. The van der Waals surface area contributed by atoms with Crippen molar-refractivity contribution in [1.29, 1.82) is 0 Å². The molecule has 0 spiro atoms. The number of anilines is 1. The lowest BCUT2D eigenvalue weighted by Crippen LogP contribution is -2.46. The molecule has 1 amide bonds. The Morgan fingerprint density at radius 2 is 2.12 bits per heavy atom. The monoisotopic (exact) mass is 352 g/mol. The van der Waals surface area contributed by atoms with Crippen molar-refractivity contribution in [1.82, 2.24) is 10.1 Å². The van der Waals surface area contributed by atoms with Gasteiger partial charge in [-0.15, -0.1) is 12.4 Å². The molecule has 0 bridgehead atoms. The molecule has 7 nitrogen and oxygen atoms in total.